The summed E-state index contributed by atoms with van der Waals surface area (Å²) in [6.07, 6.45) is 3.88. The van der Waals surface area contributed by atoms with Gasteiger partial charge in [0.25, 0.3) is 0 Å². The molecule has 0 unspecified atom stereocenters. The summed E-state index contributed by atoms with van der Waals surface area (Å²) in [5.41, 5.74) is 6.17. The number of carbonyl (C=O) groups is 1. The average molecular weight is 340 g/mol. The summed E-state index contributed by atoms with van der Waals surface area (Å²) in [6.45, 7) is 8.61. The Hall–Kier alpha value is -2.56. The lowest BCUT2D eigenvalue weighted by molar-refractivity contribution is -0.120. The molecule has 1 N–H and O–H groups in total. The van der Waals surface area contributed by atoms with Crippen LogP contribution in [0.3, 0.4) is 0 Å². The topological polar surface area (TPSA) is 68.3 Å². The third-order valence-corrected chi connectivity index (χ3v) is 4.55. The molecule has 1 amide bonds. The Morgan fingerprint density at radius 2 is 2.00 bits per heavy atom. The van der Waals surface area contributed by atoms with E-state index in [1.165, 1.54) is 5.56 Å². The third kappa shape index (κ3) is 3.60. The Morgan fingerprint density at radius 3 is 2.76 bits per heavy atom. The SMILES string of the molecule is CCCc1cc(CNC(=O)Cc2coc3c(C)c(C)cc(C)c23)on1. The van der Waals surface area contributed by atoms with Crippen molar-refractivity contribution in [3.8, 4) is 0 Å². The van der Waals surface area contributed by atoms with Crippen LogP contribution in [-0.4, -0.2) is 11.1 Å². The minimum absolute atomic E-state index is 0.0613. The summed E-state index contributed by atoms with van der Waals surface area (Å²) in [5, 5.41) is 7.92. The fourth-order valence-corrected chi connectivity index (χ4v) is 3.15. The van der Waals surface area contributed by atoms with Gasteiger partial charge in [-0.25, -0.2) is 0 Å². The summed E-state index contributed by atoms with van der Waals surface area (Å²) in [7, 11) is 0. The van der Waals surface area contributed by atoms with Crippen molar-refractivity contribution in [2.75, 3.05) is 0 Å². The number of furan rings is 1. The highest BCUT2D eigenvalue weighted by molar-refractivity contribution is 5.91. The van der Waals surface area contributed by atoms with Crippen molar-refractivity contribution < 1.29 is 13.7 Å². The zero-order chi connectivity index (χ0) is 18.0. The molecule has 0 aliphatic heterocycles. The number of rotatable bonds is 6. The molecule has 132 valence electrons. The van der Waals surface area contributed by atoms with Crippen LogP contribution in [0.2, 0.25) is 0 Å². The predicted molar refractivity (Wildman–Crippen MR) is 96.5 cm³/mol. The molecule has 1 aromatic carbocycles. The van der Waals surface area contributed by atoms with E-state index in [-0.39, 0.29) is 12.3 Å². The number of hydrogen-bond acceptors (Lipinski definition) is 4. The Morgan fingerprint density at radius 1 is 1.20 bits per heavy atom. The van der Waals surface area contributed by atoms with E-state index in [0.717, 1.165) is 46.2 Å². The molecule has 0 radical (unpaired) electrons. The van der Waals surface area contributed by atoms with Crippen LogP contribution in [0, 0.1) is 20.8 Å². The van der Waals surface area contributed by atoms with Gasteiger partial charge in [-0.2, -0.15) is 0 Å². The van der Waals surface area contributed by atoms with Gasteiger partial charge in [0.1, 0.15) is 5.58 Å². The van der Waals surface area contributed by atoms with Crippen LogP contribution in [0.4, 0.5) is 0 Å². The van der Waals surface area contributed by atoms with Crippen molar-refractivity contribution >= 4 is 16.9 Å². The van der Waals surface area contributed by atoms with E-state index >= 15 is 0 Å². The lowest BCUT2D eigenvalue weighted by Crippen LogP contribution is -2.24. The predicted octanol–water partition coefficient (Wildman–Crippen LogP) is 4.16. The molecular weight excluding hydrogens is 316 g/mol. The van der Waals surface area contributed by atoms with Gasteiger partial charge < -0.3 is 14.3 Å². The number of benzene rings is 1. The van der Waals surface area contributed by atoms with Gasteiger partial charge in [0.05, 0.1) is 24.9 Å². The minimum atomic E-state index is -0.0613. The number of aromatic nitrogens is 1. The van der Waals surface area contributed by atoms with Gasteiger partial charge in [0.2, 0.25) is 5.91 Å². The summed E-state index contributed by atoms with van der Waals surface area (Å²) in [4.78, 5) is 12.3. The van der Waals surface area contributed by atoms with Gasteiger partial charge in [-0.1, -0.05) is 24.6 Å². The molecule has 0 saturated carbocycles. The second-order valence-electron chi connectivity index (χ2n) is 6.59. The molecule has 25 heavy (non-hydrogen) atoms. The maximum atomic E-state index is 12.3. The van der Waals surface area contributed by atoms with Gasteiger partial charge in [-0.3, -0.25) is 4.79 Å². The molecule has 0 fully saturated rings. The summed E-state index contributed by atoms with van der Waals surface area (Å²) in [6, 6.07) is 4.03. The standard InChI is InChI=1S/C20H24N2O3/c1-5-6-16-9-17(25-22-16)10-21-18(23)8-15-11-24-20-14(4)12(2)7-13(3)19(15)20/h7,9,11H,5-6,8,10H2,1-4H3,(H,21,23). The monoisotopic (exact) mass is 340 g/mol. The molecular formula is C20H24N2O3. The second-order valence-corrected chi connectivity index (χ2v) is 6.59. The van der Waals surface area contributed by atoms with E-state index in [4.69, 9.17) is 8.94 Å². The first-order chi connectivity index (χ1) is 12.0. The Bertz CT molecular complexity index is 905. The first-order valence-electron chi connectivity index (χ1n) is 8.67. The number of hydrogen-bond donors (Lipinski definition) is 1. The summed E-state index contributed by atoms with van der Waals surface area (Å²) < 4.78 is 11.0. The maximum absolute atomic E-state index is 12.3. The van der Waals surface area contributed by atoms with Crippen LogP contribution in [0.5, 0.6) is 0 Å². The number of amides is 1. The smallest absolute Gasteiger partial charge is 0.224 e. The molecule has 0 spiro atoms. The number of nitrogens with zero attached hydrogens (tertiary/aromatic N) is 1. The van der Waals surface area contributed by atoms with Crippen LogP contribution in [0.1, 0.15) is 47.1 Å². The van der Waals surface area contributed by atoms with E-state index in [2.05, 4.69) is 37.3 Å². The summed E-state index contributed by atoms with van der Waals surface area (Å²) >= 11 is 0. The van der Waals surface area contributed by atoms with Gasteiger partial charge in [-0.05, 0) is 43.9 Å². The van der Waals surface area contributed by atoms with Gasteiger partial charge >= 0.3 is 0 Å². The Kier molecular flexibility index (Phi) is 4.93. The molecule has 3 aromatic rings. The minimum Gasteiger partial charge on any atom is -0.464 e. The Balaban J connectivity index is 1.69. The van der Waals surface area contributed by atoms with Crippen LogP contribution >= 0.6 is 0 Å². The van der Waals surface area contributed by atoms with Crippen molar-refractivity contribution in [3.05, 3.63) is 52.1 Å². The van der Waals surface area contributed by atoms with E-state index in [1.807, 2.05) is 13.0 Å². The molecule has 0 saturated heterocycles. The molecule has 5 heteroatoms. The maximum Gasteiger partial charge on any atom is 0.224 e. The zero-order valence-corrected chi connectivity index (χ0v) is 15.2. The molecule has 0 aliphatic carbocycles. The van der Waals surface area contributed by atoms with Crippen LogP contribution < -0.4 is 5.32 Å². The lowest BCUT2D eigenvalue weighted by Gasteiger charge is -2.06. The second kappa shape index (κ2) is 7.13. The normalized spacial score (nSPS) is 11.2. The molecule has 2 heterocycles. The molecule has 0 bridgehead atoms. The van der Waals surface area contributed by atoms with Crippen molar-refractivity contribution in [1.82, 2.24) is 10.5 Å². The first kappa shape index (κ1) is 17.3. The molecule has 5 nitrogen and oxygen atoms in total. The lowest BCUT2D eigenvalue weighted by atomic mass is 9.99. The van der Waals surface area contributed by atoms with E-state index < -0.39 is 0 Å². The Labute approximate surface area is 147 Å². The fraction of sp³-hybridized carbons (Fsp3) is 0.400. The highest BCUT2D eigenvalue weighted by Crippen LogP contribution is 2.30. The molecule has 0 atom stereocenters. The number of fused-ring (bicyclic) bond motifs is 1. The van der Waals surface area contributed by atoms with Crippen LogP contribution in [0.15, 0.2) is 27.3 Å². The van der Waals surface area contributed by atoms with Crippen molar-refractivity contribution in [3.63, 3.8) is 0 Å². The van der Waals surface area contributed by atoms with Crippen molar-refractivity contribution in [1.29, 1.82) is 0 Å². The molecule has 0 aliphatic rings. The summed E-state index contributed by atoms with van der Waals surface area (Å²) in [5.74, 6) is 0.616. The quantitative estimate of drug-likeness (QED) is 0.731. The fourth-order valence-electron chi connectivity index (χ4n) is 3.15. The van der Waals surface area contributed by atoms with Crippen molar-refractivity contribution in [2.24, 2.45) is 0 Å². The van der Waals surface area contributed by atoms with Crippen LogP contribution in [-0.2, 0) is 24.2 Å². The van der Waals surface area contributed by atoms with Gasteiger partial charge in [-0.15, -0.1) is 0 Å². The third-order valence-electron chi connectivity index (χ3n) is 4.55. The highest BCUT2D eigenvalue weighted by Gasteiger charge is 2.15. The first-order valence-corrected chi connectivity index (χ1v) is 8.67. The number of aryl methyl sites for hydroxylation is 4. The molecule has 3 rings (SSSR count). The highest BCUT2D eigenvalue weighted by atomic mass is 16.5. The van der Waals surface area contributed by atoms with Gasteiger partial charge in [0.15, 0.2) is 5.76 Å². The van der Waals surface area contributed by atoms with Gasteiger partial charge in [0, 0.05) is 17.0 Å². The van der Waals surface area contributed by atoms with Crippen molar-refractivity contribution in [2.45, 2.75) is 53.5 Å². The van der Waals surface area contributed by atoms with Crippen LogP contribution in [0.25, 0.3) is 11.0 Å². The zero-order valence-electron chi connectivity index (χ0n) is 15.2. The van der Waals surface area contributed by atoms with E-state index in [1.54, 1.807) is 6.26 Å². The van der Waals surface area contributed by atoms with E-state index in [0.29, 0.717) is 12.3 Å². The number of carbonyl (C=O) groups excluding carboxylic acids is 1. The largest absolute Gasteiger partial charge is 0.464 e. The van der Waals surface area contributed by atoms with E-state index in [9.17, 15) is 4.79 Å². The molecule has 2 aromatic heterocycles. The number of nitrogens with one attached hydrogen (secondary N) is 1. The average Bonchev–Trinajstić information content (AvgIpc) is 3.18.